The number of aliphatic imine (C=N–C) groups is 1. The average Bonchev–Trinajstić information content (AvgIpc) is 3.21. The predicted molar refractivity (Wildman–Crippen MR) is 107 cm³/mol. The van der Waals surface area contributed by atoms with E-state index in [1.165, 1.54) is 12.8 Å². The molecule has 1 aliphatic carbocycles. The maximum Gasteiger partial charge on any atom is 0.189 e. The Bertz CT molecular complexity index is 800. The summed E-state index contributed by atoms with van der Waals surface area (Å²) in [7, 11) is 0. The molecule has 4 rings (SSSR count). The first-order valence-corrected chi connectivity index (χ1v) is 9.82. The highest BCUT2D eigenvalue weighted by Crippen LogP contribution is 2.31. The maximum atomic E-state index is 6.19. The molecular formula is C22H27N3O2. The van der Waals surface area contributed by atoms with Crippen LogP contribution in [0.5, 0.6) is 11.5 Å². The first-order valence-electron chi connectivity index (χ1n) is 9.82. The lowest BCUT2D eigenvalue weighted by Gasteiger charge is -2.27. The normalized spacial score (nSPS) is 20.0. The molecule has 2 aromatic carbocycles. The largest absolute Gasteiger partial charge is 0.493 e. The van der Waals surface area contributed by atoms with Crippen molar-refractivity contribution < 1.29 is 9.47 Å². The van der Waals surface area contributed by atoms with Crippen molar-refractivity contribution in [2.24, 2.45) is 10.7 Å². The number of hydrogen-bond acceptors (Lipinski definition) is 3. The number of nitrogens with one attached hydrogen (secondary N) is 1. The highest BCUT2D eigenvalue weighted by molar-refractivity contribution is 5.78. The monoisotopic (exact) mass is 365 g/mol. The van der Waals surface area contributed by atoms with Crippen LogP contribution in [0.25, 0.3) is 0 Å². The summed E-state index contributed by atoms with van der Waals surface area (Å²) in [6.07, 6.45) is 6.01. The summed E-state index contributed by atoms with van der Waals surface area (Å²) in [5, 5.41) is 3.34. The molecule has 0 amide bonds. The molecule has 1 fully saturated rings. The van der Waals surface area contributed by atoms with Crippen molar-refractivity contribution >= 4 is 5.96 Å². The Hall–Kier alpha value is -2.69. The van der Waals surface area contributed by atoms with Gasteiger partial charge in [-0.05, 0) is 37.8 Å². The average molecular weight is 365 g/mol. The highest BCUT2D eigenvalue weighted by atomic mass is 16.5. The van der Waals surface area contributed by atoms with Crippen LogP contribution in [0.15, 0.2) is 53.5 Å². The minimum absolute atomic E-state index is 0.128. The summed E-state index contributed by atoms with van der Waals surface area (Å²) in [4.78, 5) is 4.56. The molecule has 0 spiro atoms. The van der Waals surface area contributed by atoms with Crippen molar-refractivity contribution in [1.82, 2.24) is 5.32 Å². The lowest BCUT2D eigenvalue weighted by molar-refractivity contribution is 0.208. The fourth-order valence-electron chi connectivity index (χ4n) is 3.82. The van der Waals surface area contributed by atoms with Gasteiger partial charge in [-0.1, -0.05) is 36.4 Å². The van der Waals surface area contributed by atoms with Gasteiger partial charge in [0, 0.05) is 17.5 Å². The molecule has 1 aliphatic heterocycles. The molecule has 5 heteroatoms. The number of fused-ring (bicyclic) bond motifs is 1. The number of rotatable bonds is 5. The van der Waals surface area contributed by atoms with Crippen LogP contribution in [0.1, 0.15) is 49.3 Å². The van der Waals surface area contributed by atoms with E-state index in [1.54, 1.807) is 0 Å². The molecule has 1 unspecified atom stereocenters. The van der Waals surface area contributed by atoms with E-state index in [2.05, 4.69) is 22.4 Å². The summed E-state index contributed by atoms with van der Waals surface area (Å²) in [6.45, 7) is 1.19. The molecule has 1 saturated carbocycles. The summed E-state index contributed by atoms with van der Waals surface area (Å²) in [5.41, 5.74) is 8.38. The summed E-state index contributed by atoms with van der Waals surface area (Å²) >= 11 is 0. The van der Waals surface area contributed by atoms with Gasteiger partial charge in [-0.25, -0.2) is 4.99 Å². The molecule has 0 radical (unpaired) electrons. The molecule has 5 nitrogen and oxygen atoms in total. The van der Waals surface area contributed by atoms with Gasteiger partial charge >= 0.3 is 0 Å². The topological polar surface area (TPSA) is 68.9 Å². The molecule has 0 bridgehead atoms. The fraction of sp³-hybridized carbons (Fsp3) is 0.409. The second-order valence-electron chi connectivity index (χ2n) is 7.21. The Morgan fingerprint density at radius 3 is 2.74 bits per heavy atom. The smallest absolute Gasteiger partial charge is 0.189 e. The Kier molecular flexibility index (Phi) is 5.47. The SMILES string of the molecule is NC(=NCc1ccccc1OC1CCCC1)NC1CCOc2ccccc21. The number of para-hydroxylation sites is 2. The van der Waals surface area contributed by atoms with Crippen LogP contribution in [0.2, 0.25) is 0 Å². The zero-order valence-corrected chi connectivity index (χ0v) is 15.6. The first kappa shape index (κ1) is 17.7. The predicted octanol–water partition coefficient (Wildman–Crippen LogP) is 3.94. The Morgan fingerprint density at radius 1 is 1.07 bits per heavy atom. The van der Waals surface area contributed by atoms with E-state index in [0.29, 0.717) is 25.2 Å². The van der Waals surface area contributed by atoms with E-state index < -0.39 is 0 Å². The van der Waals surface area contributed by atoms with Gasteiger partial charge in [0.15, 0.2) is 5.96 Å². The van der Waals surface area contributed by atoms with Crippen LogP contribution >= 0.6 is 0 Å². The van der Waals surface area contributed by atoms with Gasteiger partial charge in [0.25, 0.3) is 0 Å². The number of benzene rings is 2. The third-order valence-electron chi connectivity index (χ3n) is 5.27. The molecule has 0 saturated heterocycles. The van der Waals surface area contributed by atoms with Crippen LogP contribution in [-0.2, 0) is 6.54 Å². The molecule has 2 aliphatic rings. The number of nitrogens with two attached hydrogens (primary N) is 1. The summed E-state index contributed by atoms with van der Waals surface area (Å²) in [5.74, 6) is 2.30. The van der Waals surface area contributed by atoms with E-state index in [9.17, 15) is 0 Å². The quantitative estimate of drug-likeness (QED) is 0.622. The maximum absolute atomic E-state index is 6.19. The second kappa shape index (κ2) is 8.33. The first-order chi connectivity index (χ1) is 13.3. The van der Waals surface area contributed by atoms with E-state index in [0.717, 1.165) is 41.9 Å². The molecule has 2 aromatic rings. The van der Waals surface area contributed by atoms with Gasteiger partial charge in [0.2, 0.25) is 0 Å². The molecule has 27 heavy (non-hydrogen) atoms. The number of hydrogen-bond donors (Lipinski definition) is 2. The van der Waals surface area contributed by atoms with Crippen LogP contribution in [0, 0.1) is 0 Å². The molecule has 0 aromatic heterocycles. The van der Waals surface area contributed by atoms with Crippen molar-refractivity contribution in [3.63, 3.8) is 0 Å². The van der Waals surface area contributed by atoms with Gasteiger partial charge in [-0.2, -0.15) is 0 Å². The Labute approximate surface area is 160 Å². The third-order valence-corrected chi connectivity index (χ3v) is 5.27. The Morgan fingerprint density at radius 2 is 1.85 bits per heavy atom. The number of ether oxygens (including phenoxy) is 2. The Balaban J connectivity index is 1.41. The zero-order valence-electron chi connectivity index (χ0n) is 15.6. The summed E-state index contributed by atoms with van der Waals surface area (Å²) in [6, 6.07) is 16.3. The van der Waals surface area contributed by atoms with E-state index in [4.69, 9.17) is 15.2 Å². The minimum atomic E-state index is 0.128. The van der Waals surface area contributed by atoms with Crippen molar-refractivity contribution in [3.05, 3.63) is 59.7 Å². The standard InChI is InChI=1S/C22H27N3O2/c23-22(25-19-13-14-26-21-12-6-4-10-18(19)21)24-15-16-7-1-5-11-20(16)27-17-8-2-3-9-17/h1,4-7,10-12,17,19H,2-3,8-9,13-15H2,(H3,23,24,25). The van der Waals surface area contributed by atoms with Gasteiger partial charge in [-0.15, -0.1) is 0 Å². The number of nitrogens with zero attached hydrogens (tertiary/aromatic N) is 1. The van der Waals surface area contributed by atoms with Crippen LogP contribution in [0.4, 0.5) is 0 Å². The van der Waals surface area contributed by atoms with Crippen LogP contribution in [0.3, 0.4) is 0 Å². The lowest BCUT2D eigenvalue weighted by atomic mass is 10.0. The van der Waals surface area contributed by atoms with E-state index in [-0.39, 0.29) is 6.04 Å². The minimum Gasteiger partial charge on any atom is -0.493 e. The lowest BCUT2D eigenvalue weighted by Crippen LogP contribution is -2.37. The highest BCUT2D eigenvalue weighted by Gasteiger charge is 2.21. The molecule has 3 N–H and O–H groups in total. The van der Waals surface area contributed by atoms with Crippen LogP contribution < -0.4 is 20.5 Å². The zero-order chi connectivity index (χ0) is 18.5. The van der Waals surface area contributed by atoms with Crippen molar-refractivity contribution in [2.75, 3.05) is 6.61 Å². The van der Waals surface area contributed by atoms with Crippen molar-refractivity contribution in [2.45, 2.75) is 50.8 Å². The molecule has 1 heterocycles. The summed E-state index contributed by atoms with van der Waals surface area (Å²) < 4.78 is 11.9. The van der Waals surface area contributed by atoms with Gasteiger partial charge < -0.3 is 20.5 Å². The third kappa shape index (κ3) is 4.35. The van der Waals surface area contributed by atoms with E-state index in [1.807, 2.05) is 36.4 Å². The van der Waals surface area contributed by atoms with Gasteiger partial charge in [0.05, 0.1) is 25.3 Å². The molecule has 142 valence electrons. The molecular weight excluding hydrogens is 338 g/mol. The second-order valence-corrected chi connectivity index (χ2v) is 7.21. The van der Waals surface area contributed by atoms with E-state index >= 15 is 0 Å². The fourth-order valence-corrected chi connectivity index (χ4v) is 3.82. The van der Waals surface area contributed by atoms with Gasteiger partial charge in [0.1, 0.15) is 11.5 Å². The van der Waals surface area contributed by atoms with Crippen LogP contribution in [-0.4, -0.2) is 18.7 Å². The van der Waals surface area contributed by atoms with Gasteiger partial charge in [-0.3, -0.25) is 0 Å². The van der Waals surface area contributed by atoms with Crippen molar-refractivity contribution in [3.8, 4) is 11.5 Å². The number of guanidine groups is 1. The molecule has 1 atom stereocenters. The van der Waals surface area contributed by atoms with Crippen molar-refractivity contribution in [1.29, 1.82) is 0 Å².